The zero-order valence-electron chi connectivity index (χ0n) is 17.9. The maximum absolute atomic E-state index is 12.7. The third-order valence-corrected chi connectivity index (χ3v) is 5.31. The van der Waals surface area contributed by atoms with Crippen LogP contribution in [-0.2, 0) is 11.2 Å². The third-order valence-electron chi connectivity index (χ3n) is 4.98. The molecule has 0 radical (unpaired) electrons. The highest BCUT2D eigenvalue weighted by Crippen LogP contribution is 2.38. The van der Waals surface area contributed by atoms with E-state index in [-0.39, 0.29) is 12.3 Å². The van der Waals surface area contributed by atoms with Crippen LogP contribution in [0.3, 0.4) is 0 Å². The summed E-state index contributed by atoms with van der Waals surface area (Å²) in [7, 11) is 4.61. The van der Waals surface area contributed by atoms with Crippen LogP contribution in [0.5, 0.6) is 17.2 Å². The number of aromatic amines is 1. The number of para-hydroxylation sites is 2. The molecule has 1 heterocycles. The number of ether oxygens (including phenoxy) is 3. The predicted octanol–water partition coefficient (Wildman–Crippen LogP) is 5.09. The Labute approximate surface area is 190 Å². The Morgan fingerprint density at radius 3 is 2.38 bits per heavy atom. The topological polar surface area (TPSA) is 85.5 Å². The van der Waals surface area contributed by atoms with Crippen LogP contribution in [0.15, 0.2) is 54.6 Å². The van der Waals surface area contributed by atoms with Gasteiger partial charge in [0.15, 0.2) is 11.5 Å². The lowest BCUT2D eigenvalue weighted by Gasteiger charge is -2.14. The molecule has 0 aliphatic carbocycles. The second-order valence-corrected chi connectivity index (χ2v) is 7.46. The monoisotopic (exact) mass is 451 g/mol. The normalized spacial score (nSPS) is 10.8. The average Bonchev–Trinajstić information content (AvgIpc) is 3.23. The van der Waals surface area contributed by atoms with E-state index in [0.717, 1.165) is 16.6 Å². The van der Waals surface area contributed by atoms with E-state index in [0.29, 0.717) is 39.3 Å². The molecule has 7 nitrogen and oxygen atoms in total. The number of H-pyrrole nitrogens is 1. The average molecular weight is 452 g/mol. The van der Waals surface area contributed by atoms with E-state index < -0.39 is 0 Å². The summed E-state index contributed by atoms with van der Waals surface area (Å²) in [4.78, 5) is 20.6. The number of nitrogens with one attached hydrogen (secondary N) is 2. The molecule has 0 spiro atoms. The molecular weight excluding hydrogens is 430 g/mol. The van der Waals surface area contributed by atoms with E-state index in [1.165, 1.54) is 21.3 Å². The van der Waals surface area contributed by atoms with Gasteiger partial charge in [-0.25, -0.2) is 4.98 Å². The maximum Gasteiger partial charge on any atom is 0.228 e. The van der Waals surface area contributed by atoms with Gasteiger partial charge in [0.25, 0.3) is 0 Å². The first-order valence-corrected chi connectivity index (χ1v) is 10.2. The maximum atomic E-state index is 12.7. The van der Waals surface area contributed by atoms with Gasteiger partial charge in [-0.3, -0.25) is 4.79 Å². The number of hydrogen-bond acceptors (Lipinski definition) is 5. The number of nitrogens with zero attached hydrogens (tertiary/aromatic N) is 1. The first kappa shape index (κ1) is 21.5. The van der Waals surface area contributed by atoms with Gasteiger partial charge in [0.05, 0.1) is 43.8 Å². The van der Waals surface area contributed by atoms with Crippen LogP contribution in [0.25, 0.3) is 22.4 Å². The first-order chi connectivity index (χ1) is 15.5. The summed E-state index contributed by atoms with van der Waals surface area (Å²) >= 11 is 6.41. The van der Waals surface area contributed by atoms with E-state index >= 15 is 0 Å². The lowest BCUT2D eigenvalue weighted by Crippen LogP contribution is -2.14. The number of carbonyl (C=O) groups excluding carboxylic acids is 1. The predicted molar refractivity (Wildman–Crippen MR) is 125 cm³/mol. The number of amides is 1. The van der Waals surface area contributed by atoms with Crippen molar-refractivity contribution in [1.29, 1.82) is 0 Å². The largest absolute Gasteiger partial charge is 0.493 e. The van der Waals surface area contributed by atoms with Crippen molar-refractivity contribution >= 4 is 34.2 Å². The first-order valence-electron chi connectivity index (χ1n) is 9.85. The van der Waals surface area contributed by atoms with Crippen molar-refractivity contribution in [3.8, 4) is 28.6 Å². The molecule has 0 saturated heterocycles. The van der Waals surface area contributed by atoms with Crippen molar-refractivity contribution in [2.24, 2.45) is 0 Å². The summed E-state index contributed by atoms with van der Waals surface area (Å²) in [5.74, 6) is 1.91. The number of fused-ring (bicyclic) bond motifs is 1. The summed E-state index contributed by atoms with van der Waals surface area (Å²) in [6.07, 6.45) is 0.124. The van der Waals surface area contributed by atoms with Crippen molar-refractivity contribution < 1.29 is 19.0 Å². The Hall–Kier alpha value is -3.71. The van der Waals surface area contributed by atoms with Crippen molar-refractivity contribution in [3.05, 3.63) is 65.2 Å². The van der Waals surface area contributed by atoms with Crippen LogP contribution in [0.2, 0.25) is 5.02 Å². The van der Waals surface area contributed by atoms with Crippen LogP contribution in [0.1, 0.15) is 5.56 Å². The molecule has 1 amide bonds. The molecule has 0 aliphatic heterocycles. The van der Waals surface area contributed by atoms with Gasteiger partial charge in [0.2, 0.25) is 11.7 Å². The van der Waals surface area contributed by atoms with E-state index in [4.69, 9.17) is 25.8 Å². The lowest BCUT2D eigenvalue weighted by molar-refractivity contribution is -0.115. The second kappa shape index (κ2) is 9.20. The van der Waals surface area contributed by atoms with Crippen molar-refractivity contribution in [1.82, 2.24) is 9.97 Å². The van der Waals surface area contributed by atoms with E-state index in [9.17, 15) is 4.79 Å². The van der Waals surface area contributed by atoms with Crippen LogP contribution in [0.4, 0.5) is 5.69 Å². The zero-order chi connectivity index (χ0) is 22.7. The molecule has 4 rings (SSSR count). The highest BCUT2D eigenvalue weighted by atomic mass is 35.5. The molecule has 2 N–H and O–H groups in total. The Morgan fingerprint density at radius 2 is 1.72 bits per heavy atom. The molecule has 0 aliphatic rings. The molecule has 0 unspecified atom stereocenters. The number of methoxy groups -OCH3 is 3. The van der Waals surface area contributed by atoms with Gasteiger partial charge in [-0.2, -0.15) is 0 Å². The number of imidazole rings is 1. The molecule has 0 saturated carbocycles. The molecule has 4 aromatic rings. The molecule has 0 bridgehead atoms. The highest BCUT2D eigenvalue weighted by Gasteiger charge is 2.16. The molecule has 164 valence electrons. The number of hydrogen-bond donors (Lipinski definition) is 2. The quantitative estimate of drug-likeness (QED) is 0.408. The molecule has 0 fully saturated rings. The van der Waals surface area contributed by atoms with Gasteiger partial charge in [0, 0.05) is 11.3 Å². The fraction of sp³-hybridized carbons (Fsp3) is 0.167. The summed E-state index contributed by atoms with van der Waals surface area (Å²) in [6, 6.07) is 16.5. The minimum absolute atomic E-state index is 0.124. The van der Waals surface area contributed by atoms with Crippen molar-refractivity contribution in [3.63, 3.8) is 0 Å². The Bertz CT molecular complexity index is 1230. The molecular formula is C24H22ClN3O4. The number of rotatable bonds is 7. The smallest absolute Gasteiger partial charge is 0.228 e. The van der Waals surface area contributed by atoms with Gasteiger partial charge >= 0.3 is 0 Å². The number of halogens is 1. The lowest BCUT2D eigenvalue weighted by atomic mass is 10.1. The minimum atomic E-state index is -0.197. The standard InChI is InChI=1S/C24H22ClN3O4/c1-30-20-10-14(11-21(31-2)23(20)32-3)12-22(29)26-15-8-9-17(25)16(13-15)24-27-18-6-4-5-7-19(18)28-24/h4-11,13H,12H2,1-3H3,(H,26,29)(H,27,28). The molecule has 32 heavy (non-hydrogen) atoms. The Balaban J connectivity index is 1.56. The Morgan fingerprint density at radius 1 is 1.00 bits per heavy atom. The number of aromatic nitrogens is 2. The van der Waals surface area contributed by atoms with Crippen LogP contribution in [0, 0.1) is 0 Å². The molecule has 0 atom stereocenters. The summed E-state index contributed by atoms with van der Waals surface area (Å²) in [5.41, 5.74) is 3.80. The van der Waals surface area contributed by atoms with Gasteiger partial charge in [-0.05, 0) is 48.0 Å². The summed E-state index contributed by atoms with van der Waals surface area (Å²) < 4.78 is 16.1. The van der Waals surface area contributed by atoms with E-state index in [1.54, 1.807) is 30.3 Å². The van der Waals surface area contributed by atoms with Gasteiger partial charge in [-0.15, -0.1) is 0 Å². The molecule has 3 aromatic carbocycles. The number of carbonyl (C=O) groups is 1. The molecule has 8 heteroatoms. The van der Waals surface area contributed by atoms with Crippen LogP contribution < -0.4 is 19.5 Å². The summed E-state index contributed by atoms with van der Waals surface area (Å²) in [5, 5.41) is 3.45. The van der Waals surface area contributed by atoms with E-state index in [2.05, 4.69) is 15.3 Å². The fourth-order valence-corrected chi connectivity index (χ4v) is 3.70. The second-order valence-electron chi connectivity index (χ2n) is 7.06. The van der Waals surface area contributed by atoms with Gasteiger partial charge < -0.3 is 24.5 Å². The third kappa shape index (κ3) is 4.33. The summed E-state index contributed by atoms with van der Waals surface area (Å²) in [6.45, 7) is 0. The van der Waals surface area contributed by atoms with Crippen LogP contribution >= 0.6 is 11.6 Å². The fourth-order valence-electron chi connectivity index (χ4n) is 3.49. The van der Waals surface area contributed by atoms with E-state index in [1.807, 2.05) is 24.3 Å². The minimum Gasteiger partial charge on any atom is -0.493 e. The SMILES string of the molecule is COc1cc(CC(=O)Nc2ccc(Cl)c(-c3nc4ccccc4[nH]3)c2)cc(OC)c1OC. The highest BCUT2D eigenvalue weighted by molar-refractivity contribution is 6.33. The Kier molecular flexibility index (Phi) is 6.18. The van der Waals surface area contributed by atoms with Gasteiger partial charge in [-0.1, -0.05) is 23.7 Å². The van der Waals surface area contributed by atoms with Gasteiger partial charge in [0.1, 0.15) is 5.82 Å². The molecule has 1 aromatic heterocycles. The number of benzene rings is 3. The number of anilines is 1. The van der Waals surface area contributed by atoms with Crippen molar-refractivity contribution in [2.45, 2.75) is 6.42 Å². The van der Waals surface area contributed by atoms with Crippen LogP contribution in [-0.4, -0.2) is 37.2 Å². The van der Waals surface area contributed by atoms with Crippen molar-refractivity contribution in [2.75, 3.05) is 26.6 Å². The zero-order valence-corrected chi connectivity index (χ0v) is 18.6.